The molecule has 96 valence electrons. The van der Waals surface area contributed by atoms with E-state index in [9.17, 15) is 17.6 Å². The van der Waals surface area contributed by atoms with Crippen LogP contribution >= 0.6 is 0 Å². The van der Waals surface area contributed by atoms with Gasteiger partial charge in [-0.2, -0.15) is 5.48 Å². The third kappa shape index (κ3) is 3.41. The van der Waals surface area contributed by atoms with Gasteiger partial charge < -0.3 is 4.84 Å². The Morgan fingerprint density at radius 1 is 1.35 bits per heavy atom. The molecule has 1 heterocycles. The minimum absolute atomic E-state index is 0.145. The molecule has 1 N–H and O–H groups in total. The molecule has 0 aromatic heterocycles. The quantitative estimate of drug-likeness (QED) is 0.774. The summed E-state index contributed by atoms with van der Waals surface area (Å²) in [6.07, 6.45) is 0. The molecular weight excluding hydrogens is 238 g/mol. The molecular formula is C11H13F4NO. The number of hydrogen-bond acceptors (Lipinski definition) is 2. The highest BCUT2D eigenvalue weighted by atomic mass is 19.3. The summed E-state index contributed by atoms with van der Waals surface area (Å²) in [5.74, 6) is -1.46. The molecule has 1 aliphatic heterocycles. The van der Waals surface area contributed by atoms with Gasteiger partial charge in [0.05, 0.1) is 12.6 Å². The lowest BCUT2D eigenvalue weighted by atomic mass is 9.96. The van der Waals surface area contributed by atoms with Crippen LogP contribution in [-0.2, 0) is 4.84 Å². The predicted molar refractivity (Wildman–Crippen MR) is 54.4 cm³/mol. The van der Waals surface area contributed by atoms with Gasteiger partial charge in [0.1, 0.15) is 0 Å². The van der Waals surface area contributed by atoms with Crippen molar-refractivity contribution in [2.45, 2.75) is 13.0 Å². The SMILES string of the molecule is C[C@H]1CONC1c1cccc(F)c1F.FCF. The van der Waals surface area contributed by atoms with E-state index >= 15 is 0 Å². The minimum Gasteiger partial charge on any atom is -0.301 e. The molecule has 0 bridgehead atoms. The topological polar surface area (TPSA) is 21.3 Å². The maximum Gasteiger partial charge on any atom is 0.229 e. The van der Waals surface area contributed by atoms with E-state index in [1.54, 1.807) is 6.07 Å². The molecule has 6 heteroatoms. The van der Waals surface area contributed by atoms with E-state index in [1.807, 2.05) is 6.92 Å². The Bertz CT molecular complexity index is 361. The van der Waals surface area contributed by atoms with E-state index in [-0.39, 0.29) is 12.0 Å². The van der Waals surface area contributed by atoms with Crippen LogP contribution in [0.4, 0.5) is 17.6 Å². The van der Waals surface area contributed by atoms with Crippen molar-refractivity contribution in [2.75, 3.05) is 13.5 Å². The van der Waals surface area contributed by atoms with E-state index in [0.29, 0.717) is 12.2 Å². The first kappa shape index (κ1) is 13.9. The van der Waals surface area contributed by atoms with Gasteiger partial charge in [-0.15, -0.1) is 0 Å². The average molecular weight is 251 g/mol. The van der Waals surface area contributed by atoms with Crippen LogP contribution in [0.5, 0.6) is 0 Å². The maximum atomic E-state index is 13.4. The van der Waals surface area contributed by atoms with Gasteiger partial charge in [0.2, 0.25) is 6.93 Å². The first-order chi connectivity index (χ1) is 8.11. The molecule has 0 radical (unpaired) electrons. The number of benzene rings is 1. The highest BCUT2D eigenvalue weighted by Crippen LogP contribution is 2.29. The van der Waals surface area contributed by atoms with E-state index < -0.39 is 18.6 Å². The number of alkyl halides is 2. The lowest BCUT2D eigenvalue weighted by molar-refractivity contribution is 0.0859. The van der Waals surface area contributed by atoms with Crippen LogP contribution in [0.3, 0.4) is 0 Å². The van der Waals surface area contributed by atoms with E-state index in [4.69, 9.17) is 4.84 Å². The Hall–Kier alpha value is -1.14. The van der Waals surface area contributed by atoms with Gasteiger partial charge in [0.25, 0.3) is 0 Å². The van der Waals surface area contributed by atoms with Crippen LogP contribution in [0.1, 0.15) is 18.5 Å². The summed E-state index contributed by atoms with van der Waals surface area (Å²) < 4.78 is 45.5. The Balaban J connectivity index is 0.000000437. The second kappa shape index (κ2) is 6.56. The molecule has 0 spiro atoms. The van der Waals surface area contributed by atoms with Crippen LogP contribution in [0.25, 0.3) is 0 Å². The summed E-state index contributed by atoms with van der Waals surface area (Å²) in [4.78, 5) is 4.98. The molecule has 1 saturated heterocycles. The number of halogens is 4. The summed E-state index contributed by atoms with van der Waals surface area (Å²) >= 11 is 0. The number of nitrogens with one attached hydrogen (secondary N) is 1. The molecule has 1 unspecified atom stereocenters. The molecule has 1 aromatic rings. The van der Waals surface area contributed by atoms with E-state index in [2.05, 4.69) is 5.48 Å². The maximum absolute atomic E-state index is 13.4. The third-order valence-electron chi connectivity index (χ3n) is 2.44. The Labute approximate surface area is 96.5 Å². The number of rotatable bonds is 1. The van der Waals surface area contributed by atoms with Crippen molar-refractivity contribution < 1.29 is 22.4 Å². The molecule has 1 aliphatic rings. The summed E-state index contributed by atoms with van der Waals surface area (Å²) in [6, 6.07) is 3.92. The van der Waals surface area contributed by atoms with Crippen LogP contribution in [-0.4, -0.2) is 13.5 Å². The molecule has 1 aromatic carbocycles. The van der Waals surface area contributed by atoms with Crippen molar-refractivity contribution in [3.63, 3.8) is 0 Å². The largest absolute Gasteiger partial charge is 0.301 e. The van der Waals surface area contributed by atoms with E-state index in [1.165, 1.54) is 6.07 Å². The van der Waals surface area contributed by atoms with Crippen LogP contribution in [0, 0.1) is 17.6 Å². The molecule has 2 rings (SSSR count). The second-order valence-corrected chi connectivity index (χ2v) is 3.63. The van der Waals surface area contributed by atoms with Crippen LogP contribution in [0.2, 0.25) is 0 Å². The average Bonchev–Trinajstić information content (AvgIpc) is 2.70. The smallest absolute Gasteiger partial charge is 0.229 e. The fourth-order valence-corrected chi connectivity index (χ4v) is 1.61. The number of hydroxylamine groups is 1. The fraction of sp³-hybridized carbons (Fsp3) is 0.455. The molecule has 2 atom stereocenters. The van der Waals surface area contributed by atoms with Crippen molar-refractivity contribution in [1.82, 2.24) is 5.48 Å². The van der Waals surface area contributed by atoms with Crippen LogP contribution in [0.15, 0.2) is 18.2 Å². The van der Waals surface area contributed by atoms with Crippen molar-refractivity contribution in [1.29, 1.82) is 0 Å². The highest BCUT2D eigenvalue weighted by Gasteiger charge is 2.28. The normalized spacial score (nSPS) is 23.1. The molecule has 0 amide bonds. The third-order valence-corrected chi connectivity index (χ3v) is 2.44. The van der Waals surface area contributed by atoms with Crippen molar-refractivity contribution in [2.24, 2.45) is 5.92 Å². The van der Waals surface area contributed by atoms with Gasteiger partial charge in [-0.25, -0.2) is 17.6 Å². The van der Waals surface area contributed by atoms with E-state index in [0.717, 1.165) is 6.07 Å². The Morgan fingerprint density at radius 3 is 2.53 bits per heavy atom. The molecule has 2 nitrogen and oxygen atoms in total. The van der Waals surface area contributed by atoms with Gasteiger partial charge in [0.15, 0.2) is 11.6 Å². The van der Waals surface area contributed by atoms with Crippen molar-refractivity contribution >= 4 is 0 Å². The Morgan fingerprint density at radius 2 is 2.00 bits per heavy atom. The summed E-state index contributed by atoms with van der Waals surface area (Å²) in [5, 5.41) is 0. The summed E-state index contributed by atoms with van der Waals surface area (Å²) in [7, 11) is 0. The second-order valence-electron chi connectivity index (χ2n) is 3.63. The molecule has 0 saturated carbocycles. The molecule has 0 aliphatic carbocycles. The van der Waals surface area contributed by atoms with Gasteiger partial charge in [-0.1, -0.05) is 19.1 Å². The lowest BCUT2D eigenvalue weighted by Crippen LogP contribution is -2.17. The van der Waals surface area contributed by atoms with Crippen LogP contribution < -0.4 is 5.48 Å². The molecule has 1 fully saturated rings. The first-order valence-corrected chi connectivity index (χ1v) is 5.05. The highest BCUT2D eigenvalue weighted by molar-refractivity contribution is 5.23. The lowest BCUT2D eigenvalue weighted by Gasteiger charge is -2.14. The van der Waals surface area contributed by atoms with Crippen molar-refractivity contribution in [3.8, 4) is 0 Å². The van der Waals surface area contributed by atoms with Crippen molar-refractivity contribution in [3.05, 3.63) is 35.4 Å². The van der Waals surface area contributed by atoms with Gasteiger partial charge in [-0.3, -0.25) is 0 Å². The van der Waals surface area contributed by atoms with Gasteiger partial charge >= 0.3 is 0 Å². The zero-order valence-corrected chi connectivity index (χ0v) is 9.22. The fourth-order valence-electron chi connectivity index (χ4n) is 1.61. The van der Waals surface area contributed by atoms with Gasteiger partial charge in [0, 0.05) is 11.5 Å². The minimum atomic E-state index is -1.75. The summed E-state index contributed by atoms with van der Waals surface area (Å²) in [6.45, 7) is 0.690. The van der Waals surface area contributed by atoms with Gasteiger partial charge in [-0.05, 0) is 6.07 Å². The predicted octanol–water partition coefficient (Wildman–Crippen LogP) is 3.06. The number of hydrogen-bond donors (Lipinski definition) is 1. The monoisotopic (exact) mass is 251 g/mol. The Kier molecular flexibility index (Phi) is 5.37. The zero-order chi connectivity index (χ0) is 12.8. The zero-order valence-electron chi connectivity index (χ0n) is 9.22. The first-order valence-electron chi connectivity index (χ1n) is 5.05. The summed E-state index contributed by atoms with van der Waals surface area (Å²) in [5.41, 5.74) is 3.01. The standard InChI is InChI=1S/C10H11F2NO.CH2F2/c1-6-5-14-13-10(6)7-3-2-4-8(11)9(7)12;2-1-3/h2-4,6,10,13H,5H2,1H3;1H2/t6-,10?;/m0./s1. The molecule has 17 heavy (non-hydrogen) atoms.